The number of rotatable bonds is 3. The lowest BCUT2D eigenvalue weighted by atomic mass is 10.1. The Labute approximate surface area is 116 Å². The van der Waals surface area contributed by atoms with Crippen LogP contribution in [0, 0.1) is 0 Å². The van der Waals surface area contributed by atoms with E-state index in [0.717, 1.165) is 5.69 Å². The molecular weight excluding hydrogens is 264 g/mol. The van der Waals surface area contributed by atoms with Crippen molar-refractivity contribution in [2.45, 2.75) is 19.4 Å². The number of hydrogen-bond acceptors (Lipinski definition) is 3. The van der Waals surface area contributed by atoms with Gasteiger partial charge in [0.2, 0.25) is 5.91 Å². The van der Waals surface area contributed by atoms with Crippen LogP contribution in [0.3, 0.4) is 0 Å². The summed E-state index contributed by atoms with van der Waals surface area (Å²) in [5.41, 5.74) is 6.10. The van der Waals surface area contributed by atoms with E-state index in [9.17, 15) is 4.79 Å². The van der Waals surface area contributed by atoms with Gasteiger partial charge in [0.15, 0.2) is 0 Å². The molecule has 2 rings (SSSR count). The Hall–Kier alpha value is -1.85. The highest BCUT2D eigenvalue weighted by Crippen LogP contribution is 2.24. The molecule has 0 spiro atoms. The van der Waals surface area contributed by atoms with Gasteiger partial charge in [-0.15, -0.1) is 0 Å². The molecule has 1 amide bonds. The van der Waals surface area contributed by atoms with Crippen LogP contribution in [0.1, 0.15) is 13.8 Å². The fourth-order valence-electron chi connectivity index (χ4n) is 1.50. The number of benzene rings is 1. The number of amides is 1. The highest BCUT2D eigenvalue weighted by Gasteiger charge is 2.23. The molecule has 19 heavy (non-hydrogen) atoms. The molecule has 2 aromatic rings. The molecule has 1 heterocycles. The van der Waals surface area contributed by atoms with Crippen LogP contribution in [0.15, 0.2) is 36.7 Å². The minimum atomic E-state index is -0.969. The average molecular weight is 279 g/mol. The Morgan fingerprint density at radius 3 is 2.79 bits per heavy atom. The second-order valence-corrected chi connectivity index (χ2v) is 5.22. The first kappa shape index (κ1) is 13.6. The van der Waals surface area contributed by atoms with Gasteiger partial charge in [-0.3, -0.25) is 4.79 Å². The van der Waals surface area contributed by atoms with E-state index in [4.69, 9.17) is 17.3 Å². The Kier molecular flexibility index (Phi) is 3.59. The largest absolute Gasteiger partial charge is 0.323 e. The molecular formula is C13H15ClN4O. The smallest absolute Gasteiger partial charge is 0.243 e. The lowest BCUT2D eigenvalue weighted by molar-refractivity contribution is -0.120. The van der Waals surface area contributed by atoms with Gasteiger partial charge < -0.3 is 11.1 Å². The average Bonchev–Trinajstić information content (AvgIpc) is 2.81. The van der Waals surface area contributed by atoms with Crippen LogP contribution in [0.5, 0.6) is 0 Å². The number of nitrogens with one attached hydrogen (secondary N) is 1. The molecule has 5 nitrogen and oxygen atoms in total. The van der Waals surface area contributed by atoms with Crippen LogP contribution in [-0.4, -0.2) is 21.2 Å². The third-order valence-electron chi connectivity index (χ3n) is 2.54. The van der Waals surface area contributed by atoms with E-state index in [1.807, 2.05) is 0 Å². The van der Waals surface area contributed by atoms with Gasteiger partial charge in [0.25, 0.3) is 0 Å². The maximum Gasteiger partial charge on any atom is 0.243 e. The molecule has 0 atom stereocenters. The predicted molar refractivity (Wildman–Crippen MR) is 75.5 cm³/mol. The zero-order valence-electron chi connectivity index (χ0n) is 10.7. The number of halogens is 1. The van der Waals surface area contributed by atoms with Crippen LogP contribution >= 0.6 is 11.6 Å². The SMILES string of the molecule is CC(C)(N)C(=O)Nc1cc(Cl)ccc1-n1cccn1. The van der Waals surface area contributed by atoms with Crippen molar-refractivity contribution in [2.24, 2.45) is 5.73 Å². The van der Waals surface area contributed by atoms with Gasteiger partial charge in [0.05, 0.1) is 16.9 Å². The third-order valence-corrected chi connectivity index (χ3v) is 2.78. The van der Waals surface area contributed by atoms with E-state index in [1.165, 1.54) is 0 Å². The lowest BCUT2D eigenvalue weighted by Gasteiger charge is -2.19. The van der Waals surface area contributed by atoms with Crippen molar-refractivity contribution in [1.82, 2.24) is 9.78 Å². The number of nitrogens with zero attached hydrogens (tertiary/aromatic N) is 2. The van der Waals surface area contributed by atoms with Crippen molar-refractivity contribution in [3.05, 3.63) is 41.7 Å². The molecule has 1 aromatic heterocycles. The van der Waals surface area contributed by atoms with E-state index >= 15 is 0 Å². The molecule has 0 aliphatic heterocycles. The molecule has 0 fully saturated rings. The van der Waals surface area contributed by atoms with Crippen molar-refractivity contribution in [2.75, 3.05) is 5.32 Å². The van der Waals surface area contributed by atoms with Crippen molar-refractivity contribution in [3.63, 3.8) is 0 Å². The van der Waals surface area contributed by atoms with Gasteiger partial charge in [0, 0.05) is 17.4 Å². The number of anilines is 1. The maximum absolute atomic E-state index is 12.0. The normalized spacial score (nSPS) is 11.4. The first-order valence-corrected chi connectivity index (χ1v) is 6.15. The van der Waals surface area contributed by atoms with Crippen molar-refractivity contribution in [3.8, 4) is 5.69 Å². The topological polar surface area (TPSA) is 72.9 Å². The minimum absolute atomic E-state index is 0.289. The van der Waals surface area contributed by atoms with Crippen LogP contribution < -0.4 is 11.1 Å². The van der Waals surface area contributed by atoms with Crippen LogP contribution in [0.25, 0.3) is 5.69 Å². The van der Waals surface area contributed by atoms with Crippen molar-refractivity contribution < 1.29 is 4.79 Å². The molecule has 3 N–H and O–H groups in total. The van der Waals surface area contributed by atoms with Crippen LogP contribution in [0.2, 0.25) is 5.02 Å². The van der Waals surface area contributed by atoms with Gasteiger partial charge in [-0.2, -0.15) is 5.10 Å². The Balaban J connectivity index is 2.39. The highest BCUT2D eigenvalue weighted by atomic mass is 35.5. The molecule has 0 saturated carbocycles. The summed E-state index contributed by atoms with van der Waals surface area (Å²) in [5.74, 6) is -0.289. The molecule has 0 aliphatic carbocycles. The molecule has 0 radical (unpaired) electrons. The number of hydrogen-bond donors (Lipinski definition) is 2. The Morgan fingerprint density at radius 1 is 1.47 bits per heavy atom. The van der Waals surface area contributed by atoms with E-state index in [1.54, 1.807) is 55.2 Å². The summed E-state index contributed by atoms with van der Waals surface area (Å²) in [7, 11) is 0. The second-order valence-electron chi connectivity index (χ2n) is 4.79. The molecule has 1 aromatic carbocycles. The number of carbonyl (C=O) groups is 1. The first-order chi connectivity index (χ1) is 8.88. The second kappa shape index (κ2) is 5.03. The molecule has 0 saturated heterocycles. The molecule has 0 bridgehead atoms. The van der Waals surface area contributed by atoms with E-state index < -0.39 is 5.54 Å². The Morgan fingerprint density at radius 2 is 2.21 bits per heavy atom. The molecule has 0 aliphatic rings. The summed E-state index contributed by atoms with van der Waals surface area (Å²) in [6.07, 6.45) is 3.44. The van der Waals surface area contributed by atoms with E-state index in [-0.39, 0.29) is 5.91 Å². The summed E-state index contributed by atoms with van der Waals surface area (Å²) in [6, 6.07) is 6.99. The van der Waals surface area contributed by atoms with Gasteiger partial charge in [-0.05, 0) is 38.1 Å². The maximum atomic E-state index is 12.0. The Bertz CT molecular complexity index is 587. The standard InChI is InChI=1S/C13H15ClN4O/c1-13(2,15)12(19)17-10-8-9(14)4-5-11(10)18-7-3-6-16-18/h3-8H,15H2,1-2H3,(H,17,19). The molecule has 6 heteroatoms. The quantitative estimate of drug-likeness (QED) is 0.904. The zero-order chi connectivity index (χ0) is 14.0. The fourth-order valence-corrected chi connectivity index (χ4v) is 1.67. The summed E-state index contributed by atoms with van der Waals surface area (Å²) >= 11 is 5.96. The fraction of sp³-hybridized carbons (Fsp3) is 0.231. The van der Waals surface area contributed by atoms with Crippen molar-refractivity contribution >= 4 is 23.2 Å². The van der Waals surface area contributed by atoms with Crippen molar-refractivity contribution in [1.29, 1.82) is 0 Å². The van der Waals surface area contributed by atoms with Gasteiger partial charge in [-0.1, -0.05) is 11.6 Å². The summed E-state index contributed by atoms with van der Waals surface area (Å²) in [4.78, 5) is 12.0. The van der Waals surface area contributed by atoms with Crippen LogP contribution in [0.4, 0.5) is 5.69 Å². The third kappa shape index (κ3) is 3.13. The molecule has 0 unspecified atom stereocenters. The first-order valence-electron chi connectivity index (χ1n) is 5.78. The highest BCUT2D eigenvalue weighted by molar-refractivity contribution is 6.31. The minimum Gasteiger partial charge on any atom is -0.323 e. The summed E-state index contributed by atoms with van der Waals surface area (Å²) < 4.78 is 1.65. The van der Waals surface area contributed by atoms with E-state index in [2.05, 4.69) is 10.4 Å². The van der Waals surface area contributed by atoms with Gasteiger partial charge in [-0.25, -0.2) is 4.68 Å². The predicted octanol–water partition coefficient (Wildman–Crippen LogP) is 2.20. The van der Waals surface area contributed by atoms with Crippen LogP contribution in [-0.2, 0) is 4.79 Å². The number of nitrogens with two attached hydrogens (primary N) is 1. The lowest BCUT2D eigenvalue weighted by Crippen LogP contribution is -2.45. The molecule has 100 valence electrons. The summed E-state index contributed by atoms with van der Waals surface area (Å²) in [6.45, 7) is 3.28. The number of aromatic nitrogens is 2. The summed E-state index contributed by atoms with van der Waals surface area (Å²) in [5, 5.41) is 7.44. The van der Waals surface area contributed by atoms with Gasteiger partial charge >= 0.3 is 0 Å². The zero-order valence-corrected chi connectivity index (χ0v) is 11.5. The monoisotopic (exact) mass is 278 g/mol. The van der Waals surface area contributed by atoms with Gasteiger partial charge in [0.1, 0.15) is 0 Å². The van der Waals surface area contributed by atoms with E-state index in [0.29, 0.717) is 10.7 Å². The number of carbonyl (C=O) groups excluding carboxylic acids is 1.